The molecule has 19 heavy (non-hydrogen) atoms. The molecule has 7 nitrogen and oxygen atoms in total. The molecule has 0 amide bonds. The maximum Gasteiger partial charge on any atom is 0.311 e. The Balaban J connectivity index is 1.93. The van der Waals surface area contributed by atoms with Crippen LogP contribution in [0.3, 0.4) is 0 Å². The summed E-state index contributed by atoms with van der Waals surface area (Å²) >= 11 is 0. The fraction of sp³-hybridized carbons (Fsp3) is 0.833. The second-order valence-electron chi connectivity index (χ2n) is 5.05. The van der Waals surface area contributed by atoms with E-state index in [-0.39, 0.29) is 0 Å². The lowest BCUT2D eigenvalue weighted by molar-refractivity contribution is -0.156. The molecule has 7 heteroatoms. The van der Waals surface area contributed by atoms with Crippen LogP contribution in [0.1, 0.15) is 38.4 Å². The smallest absolute Gasteiger partial charge is 0.311 e. The van der Waals surface area contributed by atoms with E-state index in [1.54, 1.807) is 4.68 Å². The van der Waals surface area contributed by atoms with Crippen LogP contribution in [-0.2, 0) is 22.5 Å². The molecular formula is C12H20N4O3. The number of hydrogen-bond donors (Lipinski definition) is 1. The Kier molecular flexibility index (Phi) is 4.47. The molecule has 1 heterocycles. The molecule has 0 spiro atoms. The quantitative estimate of drug-likeness (QED) is 0.704. The van der Waals surface area contributed by atoms with Gasteiger partial charge in [0.1, 0.15) is 0 Å². The van der Waals surface area contributed by atoms with Gasteiger partial charge in [0, 0.05) is 13.0 Å². The number of aromatic nitrogens is 4. The third-order valence-corrected chi connectivity index (χ3v) is 3.64. The number of tetrazole rings is 1. The molecule has 1 saturated carbocycles. The van der Waals surface area contributed by atoms with Gasteiger partial charge in [0.15, 0.2) is 5.82 Å². The number of rotatable bonds is 8. The van der Waals surface area contributed by atoms with E-state index in [2.05, 4.69) is 22.4 Å². The van der Waals surface area contributed by atoms with Crippen molar-refractivity contribution in [2.75, 3.05) is 13.2 Å². The predicted molar refractivity (Wildman–Crippen MR) is 66.6 cm³/mol. The summed E-state index contributed by atoms with van der Waals surface area (Å²) in [6.07, 6.45) is 3.96. The van der Waals surface area contributed by atoms with E-state index in [0.717, 1.165) is 19.4 Å². The van der Waals surface area contributed by atoms with Crippen molar-refractivity contribution in [3.8, 4) is 0 Å². The van der Waals surface area contributed by atoms with Crippen LogP contribution < -0.4 is 0 Å². The topological polar surface area (TPSA) is 90.1 Å². The Morgan fingerprint density at radius 2 is 2.26 bits per heavy atom. The second kappa shape index (κ2) is 6.10. The zero-order valence-corrected chi connectivity index (χ0v) is 11.2. The lowest BCUT2D eigenvalue weighted by Crippen LogP contribution is -2.42. The van der Waals surface area contributed by atoms with E-state index in [9.17, 15) is 9.90 Å². The third-order valence-electron chi connectivity index (χ3n) is 3.64. The van der Waals surface area contributed by atoms with Gasteiger partial charge in [-0.25, -0.2) is 4.68 Å². The number of carbonyl (C=O) groups is 1. The van der Waals surface area contributed by atoms with Crippen LogP contribution in [0, 0.1) is 5.41 Å². The number of nitrogens with zero attached hydrogens (tertiary/aromatic N) is 4. The predicted octanol–water partition coefficient (Wildman–Crippen LogP) is 0.897. The molecule has 106 valence electrons. The highest BCUT2D eigenvalue weighted by atomic mass is 16.5. The maximum atomic E-state index is 11.3. The van der Waals surface area contributed by atoms with Crippen LogP contribution in [0.4, 0.5) is 0 Å². The first-order chi connectivity index (χ1) is 9.18. The van der Waals surface area contributed by atoms with Gasteiger partial charge in [0.05, 0.1) is 18.6 Å². The molecule has 0 saturated heterocycles. The minimum absolute atomic E-state index is 0.360. The average molecular weight is 268 g/mol. The molecule has 1 aromatic rings. The Morgan fingerprint density at radius 3 is 2.84 bits per heavy atom. The Labute approximate surface area is 111 Å². The van der Waals surface area contributed by atoms with Crippen molar-refractivity contribution in [1.82, 2.24) is 20.2 Å². The summed E-state index contributed by atoms with van der Waals surface area (Å²) < 4.78 is 7.02. The fourth-order valence-corrected chi connectivity index (χ4v) is 2.26. The number of hydrogen-bond acceptors (Lipinski definition) is 5. The van der Waals surface area contributed by atoms with Gasteiger partial charge in [-0.1, -0.05) is 13.3 Å². The maximum absolute atomic E-state index is 11.3. The molecule has 1 aliphatic carbocycles. The molecule has 0 aromatic carbocycles. The largest absolute Gasteiger partial charge is 0.481 e. The molecule has 0 atom stereocenters. The van der Waals surface area contributed by atoms with Crippen molar-refractivity contribution in [2.45, 2.75) is 45.6 Å². The first-order valence-corrected chi connectivity index (χ1v) is 6.74. The van der Waals surface area contributed by atoms with E-state index in [1.807, 2.05) is 0 Å². The molecule has 1 N–H and O–H groups in total. The normalized spacial score (nSPS) is 17.1. The highest BCUT2D eigenvalue weighted by Crippen LogP contribution is 2.42. The zero-order valence-electron chi connectivity index (χ0n) is 11.2. The molecule has 1 aliphatic rings. The molecule has 0 aliphatic heterocycles. The van der Waals surface area contributed by atoms with E-state index in [0.29, 0.717) is 38.2 Å². The van der Waals surface area contributed by atoms with Gasteiger partial charge >= 0.3 is 5.97 Å². The van der Waals surface area contributed by atoms with Crippen LogP contribution in [-0.4, -0.2) is 44.5 Å². The van der Waals surface area contributed by atoms with Crippen LogP contribution >= 0.6 is 0 Å². The first kappa shape index (κ1) is 13.9. The van der Waals surface area contributed by atoms with Crippen molar-refractivity contribution < 1.29 is 14.6 Å². The summed E-state index contributed by atoms with van der Waals surface area (Å²) in [6.45, 7) is 3.70. The van der Waals surface area contributed by atoms with Crippen molar-refractivity contribution in [3.05, 3.63) is 5.82 Å². The van der Waals surface area contributed by atoms with Gasteiger partial charge in [-0.3, -0.25) is 4.79 Å². The SMILES string of the molecule is CCCOCCc1nnnn1CC1(C(=O)O)CCC1. The Hall–Kier alpha value is -1.50. The summed E-state index contributed by atoms with van der Waals surface area (Å²) in [5, 5.41) is 20.8. The van der Waals surface area contributed by atoms with Gasteiger partial charge in [0.25, 0.3) is 0 Å². The van der Waals surface area contributed by atoms with Crippen LogP contribution in [0.2, 0.25) is 0 Å². The summed E-state index contributed by atoms with van der Waals surface area (Å²) in [7, 11) is 0. The molecule has 0 unspecified atom stereocenters. The van der Waals surface area contributed by atoms with Crippen LogP contribution in [0.5, 0.6) is 0 Å². The summed E-state index contributed by atoms with van der Waals surface area (Å²) in [4.78, 5) is 11.3. The highest BCUT2D eigenvalue weighted by Gasteiger charge is 2.45. The molecule has 1 fully saturated rings. The Bertz CT molecular complexity index is 428. The van der Waals surface area contributed by atoms with E-state index in [1.165, 1.54) is 0 Å². The van der Waals surface area contributed by atoms with Crippen LogP contribution in [0.25, 0.3) is 0 Å². The summed E-state index contributed by atoms with van der Waals surface area (Å²) in [5.41, 5.74) is -0.672. The molecule has 1 aromatic heterocycles. The molecule has 0 bridgehead atoms. The summed E-state index contributed by atoms with van der Waals surface area (Å²) in [6, 6.07) is 0. The molecular weight excluding hydrogens is 248 g/mol. The van der Waals surface area contributed by atoms with Crippen molar-refractivity contribution in [3.63, 3.8) is 0 Å². The lowest BCUT2D eigenvalue weighted by Gasteiger charge is -2.37. The van der Waals surface area contributed by atoms with E-state index in [4.69, 9.17) is 4.74 Å². The summed E-state index contributed by atoms with van der Waals surface area (Å²) in [5.74, 6) is -0.0499. The van der Waals surface area contributed by atoms with Crippen molar-refractivity contribution in [2.24, 2.45) is 5.41 Å². The minimum Gasteiger partial charge on any atom is -0.481 e. The third kappa shape index (κ3) is 3.09. The van der Waals surface area contributed by atoms with Crippen LogP contribution in [0.15, 0.2) is 0 Å². The van der Waals surface area contributed by atoms with Crippen molar-refractivity contribution >= 4 is 5.97 Å². The number of ether oxygens (including phenoxy) is 1. The zero-order chi connectivity index (χ0) is 13.7. The number of carboxylic acids is 1. The molecule has 0 radical (unpaired) electrons. The highest BCUT2D eigenvalue weighted by molar-refractivity contribution is 5.75. The van der Waals surface area contributed by atoms with E-state index < -0.39 is 11.4 Å². The van der Waals surface area contributed by atoms with Crippen molar-refractivity contribution in [1.29, 1.82) is 0 Å². The first-order valence-electron chi connectivity index (χ1n) is 6.74. The van der Waals surface area contributed by atoms with Gasteiger partial charge in [-0.05, 0) is 29.7 Å². The lowest BCUT2D eigenvalue weighted by atomic mass is 9.69. The van der Waals surface area contributed by atoms with Gasteiger partial charge in [0.2, 0.25) is 0 Å². The molecule has 2 rings (SSSR count). The fourth-order valence-electron chi connectivity index (χ4n) is 2.26. The standard InChI is InChI=1S/C12H20N4O3/c1-2-7-19-8-4-10-13-14-15-16(10)9-12(11(17)18)5-3-6-12/h2-9H2,1H3,(H,17,18). The number of aliphatic carboxylic acids is 1. The van der Waals surface area contributed by atoms with Gasteiger partial charge in [-0.15, -0.1) is 5.10 Å². The average Bonchev–Trinajstić information content (AvgIpc) is 2.76. The number of carboxylic acid groups (broad SMARTS) is 1. The van der Waals surface area contributed by atoms with Gasteiger partial charge in [-0.2, -0.15) is 0 Å². The van der Waals surface area contributed by atoms with E-state index >= 15 is 0 Å². The Morgan fingerprint density at radius 1 is 1.47 bits per heavy atom. The monoisotopic (exact) mass is 268 g/mol. The second-order valence-corrected chi connectivity index (χ2v) is 5.05. The minimum atomic E-state index is -0.748. The van der Waals surface area contributed by atoms with Gasteiger partial charge < -0.3 is 9.84 Å².